The predicted molar refractivity (Wildman–Crippen MR) is 94.8 cm³/mol. The van der Waals surface area contributed by atoms with Gasteiger partial charge in [-0.3, -0.25) is 28.8 Å². The van der Waals surface area contributed by atoms with Crippen molar-refractivity contribution in [1.82, 2.24) is 16.0 Å². The molecule has 0 fully saturated rings. The lowest BCUT2D eigenvalue weighted by Gasteiger charge is -2.23. The van der Waals surface area contributed by atoms with E-state index in [9.17, 15) is 28.8 Å². The van der Waals surface area contributed by atoms with Gasteiger partial charge >= 0.3 is 11.9 Å². The van der Waals surface area contributed by atoms with Crippen LogP contribution in [0.2, 0.25) is 0 Å². The van der Waals surface area contributed by atoms with Crippen LogP contribution in [0.5, 0.6) is 0 Å². The topological polar surface area (TPSA) is 251 Å². The van der Waals surface area contributed by atoms with E-state index in [0.29, 0.717) is 0 Å². The van der Waals surface area contributed by atoms with Gasteiger partial charge in [0.1, 0.15) is 24.2 Å². The van der Waals surface area contributed by atoms with E-state index in [1.807, 2.05) is 5.32 Å². The summed E-state index contributed by atoms with van der Waals surface area (Å²) in [5, 5.41) is 32.9. The number of nitrogens with two attached hydrogens (primary N) is 2. The van der Waals surface area contributed by atoms with Crippen LogP contribution < -0.4 is 27.4 Å². The van der Waals surface area contributed by atoms with Crippen LogP contribution in [0.25, 0.3) is 0 Å². The molecule has 4 unspecified atom stereocenters. The van der Waals surface area contributed by atoms with Crippen molar-refractivity contribution < 1.29 is 44.1 Å². The van der Waals surface area contributed by atoms with Gasteiger partial charge in [0.2, 0.25) is 23.6 Å². The van der Waals surface area contributed by atoms with Crippen LogP contribution in [-0.2, 0) is 28.8 Å². The molecule has 14 nitrogen and oxygen atoms in total. The molecule has 0 aliphatic carbocycles. The van der Waals surface area contributed by atoms with Crippen molar-refractivity contribution in [2.24, 2.45) is 11.5 Å². The highest BCUT2D eigenvalue weighted by Gasteiger charge is 2.30. The Bertz CT molecular complexity index is 654. The van der Waals surface area contributed by atoms with Crippen LogP contribution in [0, 0.1) is 0 Å². The van der Waals surface area contributed by atoms with E-state index in [1.165, 1.54) is 0 Å². The molecular weight excluding hydrogens is 394 g/mol. The summed E-state index contributed by atoms with van der Waals surface area (Å²) in [7, 11) is 0. The lowest BCUT2D eigenvalue weighted by atomic mass is 10.1. The van der Waals surface area contributed by atoms with Gasteiger partial charge in [-0.15, -0.1) is 0 Å². The summed E-state index contributed by atoms with van der Waals surface area (Å²) < 4.78 is 0. The molecular formula is C15H25N5O9. The summed E-state index contributed by atoms with van der Waals surface area (Å²) >= 11 is 0. The van der Waals surface area contributed by atoms with Gasteiger partial charge in [0.05, 0.1) is 13.0 Å². The average molecular weight is 419 g/mol. The Balaban J connectivity index is 5.38. The highest BCUT2D eigenvalue weighted by Crippen LogP contribution is 2.02. The van der Waals surface area contributed by atoms with E-state index in [0.717, 1.165) is 6.92 Å². The van der Waals surface area contributed by atoms with E-state index in [2.05, 4.69) is 10.6 Å². The molecule has 4 atom stereocenters. The monoisotopic (exact) mass is 419 g/mol. The molecule has 0 heterocycles. The minimum Gasteiger partial charge on any atom is -0.481 e. The van der Waals surface area contributed by atoms with Gasteiger partial charge in [0.25, 0.3) is 0 Å². The zero-order chi connectivity index (χ0) is 22.7. The van der Waals surface area contributed by atoms with Gasteiger partial charge in [-0.05, 0) is 13.3 Å². The van der Waals surface area contributed by atoms with Crippen LogP contribution in [0.1, 0.15) is 26.2 Å². The number of aliphatic hydroxyl groups is 1. The van der Waals surface area contributed by atoms with Gasteiger partial charge in [-0.2, -0.15) is 0 Å². The number of carboxylic acids is 2. The Hall–Kier alpha value is -3.26. The number of hydrogen-bond donors (Lipinski definition) is 8. The minimum absolute atomic E-state index is 0.302. The Morgan fingerprint density at radius 2 is 1.41 bits per heavy atom. The van der Waals surface area contributed by atoms with Crippen LogP contribution in [0.3, 0.4) is 0 Å². The molecule has 4 amide bonds. The molecule has 29 heavy (non-hydrogen) atoms. The number of carbonyl (C=O) groups is 6. The Labute approximate surface area is 165 Å². The first-order valence-electron chi connectivity index (χ1n) is 8.39. The molecule has 0 saturated carbocycles. The summed E-state index contributed by atoms with van der Waals surface area (Å²) in [5.41, 5.74) is 10.3. The fourth-order valence-electron chi connectivity index (χ4n) is 1.95. The standard InChI is InChI=1S/C15H25N5O9/c1-6(15(28)29)18-13(26)8(2-3-10(17)22)19-14(27)9(4-11(23)24)20-12(25)7(16)5-21/h6-9,21H,2-5,16H2,1H3,(H2,17,22)(H,18,26)(H,19,27)(H,20,25)(H,23,24)(H,28,29). The average Bonchev–Trinajstić information content (AvgIpc) is 2.62. The van der Waals surface area contributed by atoms with E-state index in [4.69, 9.17) is 26.8 Å². The quantitative estimate of drug-likeness (QED) is 0.142. The predicted octanol–water partition coefficient (Wildman–Crippen LogP) is -4.39. The van der Waals surface area contributed by atoms with Gasteiger partial charge in [0.15, 0.2) is 0 Å². The Morgan fingerprint density at radius 1 is 0.897 bits per heavy atom. The van der Waals surface area contributed by atoms with Crippen molar-refractivity contribution in [1.29, 1.82) is 0 Å². The molecule has 0 aromatic carbocycles. The van der Waals surface area contributed by atoms with Gasteiger partial charge in [-0.25, -0.2) is 0 Å². The van der Waals surface area contributed by atoms with Crippen molar-refractivity contribution in [2.45, 2.75) is 50.4 Å². The molecule has 0 rings (SSSR count). The van der Waals surface area contributed by atoms with E-state index < -0.39 is 72.8 Å². The number of hydrogen-bond acceptors (Lipinski definition) is 8. The van der Waals surface area contributed by atoms with Crippen molar-refractivity contribution in [3.63, 3.8) is 0 Å². The molecule has 164 valence electrons. The van der Waals surface area contributed by atoms with Crippen LogP contribution in [-0.4, -0.2) is 81.7 Å². The van der Waals surface area contributed by atoms with E-state index in [1.54, 1.807) is 0 Å². The minimum atomic E-state index is -1.65. The van der Waals surface area contributed by atoms with Gasteiger partial charge in [0, 0.05) is 6.42 Å². The van der Waals surface area contributed by atoms with Crippen LogP contribution >= 0.6 is 0 Å². The Kier molecular flexibility index (Phi) is 10.9. The first-order chi connectivity index (χ1) is 13.4. The second kappa shape index (κ2) is 12.2. The highest BCUT2D eigenvalue weighted by atomic mass is 16.4. The molecule has 0 radical (unpaired) electrons. The highest BCUT2D eigenvalue weighted by molar-refractivity contribution is 5.95. The van der Waals surface area contributed by atoms with Crippen molar-refractivity contribution in [3.8, 4) is 0 Å². The molecule has 0 saturated heterocycles. The van der Waals surface area contributed by atoms with E-state index >= 15 is 0 Å². The number of primary amides is 1. The fourth-order valence-corrected chi connectivity index (χ4v) is 1.95. The first-order valence-corrected chi connectivity index (χ1v) is 8.39. The second-order valence-electron chi connectivity index (χ2n) is 6.08. The molecule has 0 aliphatic heterocycles. The summed E-state index contributed by atoms with van der Waals surface area (Å²) in [6.45, 7) is 0.404. The molecule has 0 spiro atoms. The molecule has 0 aromatic rings. The SMILES string of the molecule is CC(NC(=O)C(CCC(N)=O)NC(=O)C(CC(=O)O)NC(=O)C(N)CO)C(=O)O. The largest absolute Gasteiger partial charge is 0.481 e. The fraction of sp³-hybridized carbons (Fsp3) is 0.600. The third-order valence-electron chi connectivity index (χ3n) is 3.59. The maximum atomic E-state index is 12.4. The maximum absolute atomic E-state index is 12.4. The number of rotatable bonds is 13. The number of aliphatic carboxylic acids is 2. The van der Waals surface area contributed by atoms with Crippen LogP contribution in [0.15, 0.2) is 0 Å². The van der Waals surface area contributed by atoms with E-state index in [-0.39, 0.29) is 12.8 Å². The second-order valence-corrected chi connectivity index (χ2v) is 6.08. The number of nitrogens with one attached hydrogen (secondary N) is 3. The number of aliphatic hydroxyl groups excluding tert-OH is 1. The maximum Gasteiger partial charge on any atom is 0.325 e. The summed E-state index contributed by atoms with van der Waals surface area (Å²) in [5.74, 6) is -6.67. The van der Waals surface area contributed by atoms with Crippen molar-refractivity contribution in [2.75, 3.05) is 6.61 Å². The summed E-state index contributed by atoms with van der Waals surface area (Å²) in [4.78, 5) is 69.2. The number of carboxylic acid groups (broad SMARTS) is 2. The molecule has 0 aliphatic rings. The first kappa shape index (κ1) is 25.7. The molecule has 14 heteroatoms. The smallest absolute Gasteiger partial charge is 0.325 e. The lowest BCUT2D eigenvalue weighted by Crippen LogP contribution is -2.57. The third-order valence-corrected chi connectivity index (χ3v) is 3.59. The molecule has 10 N–H and O–H groups in total. The number of carbonyl (C=O) groups excluding carboxylic acids is 4. The Morgan fingerprint density at radius 3 is 1.86 bits per heavy atom. The zero-order valence-corrected chi connectivity index (χ0v) is 15.6. The van der Waals surface area contributed by atoms with Gasteiger partial charge < -0.3 is 42.7 Å². The summed E-state index contributed by atoms with van der Waals surface area (Å²) in [6, 6.07) is -5.81. The normalized spacial score (nSPS) is 14.6. The number of amides is 4. The van der Waals surface area contributed by atoms with Crippen molar-refractivity contribution >= 4 is 35.6 Å². The third kappa shape index (κ3) is 10.0. The van der Waals surface area contributed by atoms with Crippen LogP contribution in [0.4, 0.5) is 0 Å². The van der Waals surface area contributed by atoms with Crippen molar-refractivity contribution in [3.05, 3.63) is 0 Å². The summed E-state index contributed by atoms with van der Waals surface area (Å²) in [6.07, 6.45) is -1.51. The zero-order valence-electron chi connectivity index (χ0n) is 15.6. The van der Waals surface area contributed by atoms with Gasteiger partial charge in [-0.1, -0.05) is 0 Å². The molecule has 0 aromatic heterocycles. The lowest BCUT2D eigenvalue weighted by molar-refractivity contribution is -0.143. The molecule has 0 bridgehead atoms.